The van der Waals surface area contributed by atoms with Crippen molar-refractivity contribution in [2.45, 2.75) is 13.0 Å². The third-order valence-electron chi connectivity index (χ3n) is 5.53. The van der Waals surface area contributed by atoms with Gasteiger partial charge in [-0.3, -0.25) is 19.2 Å². The molecule has 0 unspecified atom stereocenters. The van der Waals surface area contributed by atoms with Crippen LogP contribution in [0.15, 0.2) is 78.2 Å². The first-order chi connectivity index (χ1) is 17.6. The fraction of sp³-hybridized carbons (Fsp3) is 0.111. The average Bonchev–Trinajstić information content (AvgIpc) is 2.90. The molecule has 3 aromatic rings. The third-order valence-corrected chi connectivity index (χ3v) is 6.57. The van der Waals surface area contributed by atoms with Crippen LogP contribution in [-0.2, 0) is 24.3 Å². The van der Waals surface area contributed by atoms with Gasteiger partial charge in [0.25, 0.3) is 5.91 Å². The van der Waals surface area contributed by atoms with Crippen molar-refractivity contribution in [2.24, 2.45) is 0 Å². The van der Waals surface area contributed by atoms with E-state index in [4.69, 9.17) is 4.74 Å². The maximum Gasteiger partial charge on any atom is 0.321 e. The molecule has 0 radical (unpaired) electrons. The van der Waals surface area contributed by atoms with Gasteiger partial charge in [0.05, 0.1) is 0 Å². The number of esters is 1. The van der Waals surface area contributed by atoms with Crippen LogP contribution in [0.1, 0.15) is 44.3 Å². The van der Waals surface area contributed by atoms with Gasteiger partial charge in [-0.1, -0.05) is 54.6 Å². The second-order valence-electron chi connectivity index (χ2n) is 8.17. The van der Waals surface area contributed by atoms with Gasteiger partial charge in [0, 0.05) is 33.3 Å². The predicted molar refractivity (Wildman–Crippen MR) is 136 cm³/mol. The molecule has 0 aliphatic heterocycles. The number of ether oxygens (including phenoxy) is 1. The highest BCUT2D eigenvalue weighted by atomic mass is 32.2. The van der Waals surface area contributed by atoms with E-state index in [1.807, 2.05) is 0 Å². The number of ketones is 2. The molecule has 0 spiro atoms. The van der Waals surface area contributed by atoms with Crippen LogP contribution >= 0.6 is 0 Å². The molecule has 1 amide bonds. The number of sulfonamides is 1. The Hall–Kier alpha value is -4.41. The normalized spacial score (nSPS) is 13.5. The summed E-state index contributed by atoms with van der Waals surface area (Å²) in [4.78, 5) is 50.2. The Balaban J connectivity index is 1.34. The minimum absolute atomic E-state index is 0.157. The lowest BCUT2D eigenvalue weighted by molar-refractivity contribution is -0.151. The fourth-order valence-corrected chi connectivity index (χ4v) is 4.40. The third kappa shape index (κ3) is 6.05. The monoisotopic (exact) mass is 518 g/mol. The summed E-state index contributed by atoms with van der Waals surface area (Å²) in [7, 11) is -3.91. The largest absolute Gasteiger partial charge is 0.452 e. The second-order valence-corrected chi connectivity index (χ2v) is 9.82. The molecule has 188 valence electrons. The summed E-state index contributed by atoms with van der Waals surface area (Å²) < 4.78 is 31.3. The number of rotatable bonds is 8. The maximum atomic E-state index is 12.9. The topological polar surface area (TPSA) is 136 Å². The van der Waals surface area contributed by atoms with Crippen LogP contribution in [0.4, 0.5) is 5.69 Å². The number of carbonyl (C=O) groups excluding carboxylic acids is 4. The Labute approximate surface area is 213 Å². The molecule has 0 saturated heterocycles. The first-order valence-corrected chi connectivity index (χ1v) is 12.7. The summed E-state index contributed by atoms with van der Waals surface area (Å²) in [5, 5.41) is 3.46. The zero-order valence-corrected chi connectivity index (χ0v) is 20.4. The molecular formula is C27H22N2O7S. The van der Waals surface area contributed by atoms with Gasteiger partial charge in [0.1, 0.15) is 6.54 Å². The number of amides is 1. The Kier molecular flexibility index (Phi) is 7.42. The van der Waals surface area contributed by atoms with E-state index >= 15 is 0 Å². The van der Waals surface area contributed by atoms with Crippen molar-refractivity contribution >= 4 is 45.2 Å². The molecule has 1 atom stereocenters. The van der Waals surface area contributed by atoms with Crippen molar-refractivity contribution in [3.05, 3.63) is 106 Å². The number of fused-ring (bicyclic) bond motifs is 2. The number of hydrogen-bond acceptors (Lipinski definition) is 7. The Morgan fingerprint density at radius 3 is 2.14 bits per heavy atom. The second kappa shape index (κ2) is 10.7. The molecule has 0 fully saturated rings. The highest BCUT2D eigenvalue weighted by molar-refractivity contribution is 7.92. The van der Waals surface area contributed by atoms with E-state index in [2.05, 4.69) is 10.0 Å². The molecular weight excluding hydrogens is 496 g/mol. The molecule has 1 aliphatic rings. The van der Waals surface area contributed by atoms with E-state index in [9.17, 15) is 27.6 Å². The molecule has 9 nitrogen and oxygen atoms in total. The molecule has 1 aliphatic carbocycles. The van der Waals surface area contributed by atoms with E-state index < -0.39 is 34.5 Å². The van der Waals surface area contributed by atoms with Crippen molar-refractivity contribution in [1.29, 1.82) is 0 Å². The van der Waals surface area contributed by atoms with Crippen LogP contribution < -0.4 is 10.0 Å². The zero-order chi connectivity index (χ0) is 26.6. The van der Waals surface area contributed by atoms with E-state index in [1.165, 1.54) is 31.2 Å². The summed E-state index contributed by atoms with van der Waals surface area (Å²) in [6.45, 7) is 0.647. The summed E-state index contributed by atoms with van der Waals surface area (Å²) >= 11 is 0. The Bertz CT molecular complexity index is 1530. The van der Waals surface area contributed by atoms with Crippen molar-refractivity contribution in [2.75, 3.05) is 11.9 Å². The molecule has 2 N–H and O–H groups in total. The summed E-state index contributed by atoms with van der Waals surface area (Å²) in [6.07, 6.45) is 0.116. The molecule has 0 saturated carbocycles. The fourth-order valence-electron chi connectivity index (χ4n) is 3.65. The molecule has 0 heterocycles. The lowest BCUT2D eigenvalue weighted by Gasteiger charge is -2.19. The lowest BCUT2D eigenvalue weighted by atomic mass is 9.84. The summed E-state index contributed by atoms with van der Waals surface area (Å²) in [5.74, 6) is -2.28. The molecule has 4 rings (SSSR count). The number of nitrogens with one attached hydrogen (secondary N) is 2. The molecule has 3 aromatic carbocycles. The lowest BCUT2D eigenvalue weighted by Crippen LogP contribution is -2.35. The van der Waals surface area contributed by atoms with Gasteiger partial charge in [-0.15, -0.1) is 0 Å². The van der Waals surface area contributed by atoms with Crippen LogP contribution in [0, 0.1) is 0 Å². The van der Waals surface area contributed by atoms with Gasteiger partial charge in [-0.25, -0.2) is 13.1 Å². The zero-order valence-electron chi connectivity index (χ0n) is 19.6. The van der Waals surface area contributed by atoms with E-state index in [0.717, 1.165) is 5.41 Å². The number of anilines is 1. The Morgan fingerprint density at radius 2 is 1.46 bits per heavy atom. The Morgan fingerprint density at radius 1 is 0.865 bits per heavy atom. The minimum Gasteiger partial charge on any atom is -0.452 e. The van der Waals surface area contributed by atoms with Crippen LogP contribution in [0.3, 0.4) is 0 Å². The van der Waals surface area contributed by atoms with Gasteiger partial charge < -0.3 is 10.1 Å². The van der Waals surface area contributed by atoms with Gasteiger partial charge in [-0.2, -0.15) is 0 Å². The van der Waals surface area contributed by atoms with Gasteiger partial charge >= 0.3 is 5.97 Å². The number of benzene rings is 3. The smallest absolute Gasteiger partial charge is 0.321 e. The molecule has 0 bridgehead atoms. The quantitative estimate of drug-likeness (QED) is 0.342. The van der Waals surface area contributed by atoms with Crippen molar-refractivity contribution in [1.82, 2.24) is 4.72 Å². The average molecular weight is 519 g/mol. The first kappa shape index (κ1) is 25.7. The van der Waals surface area contributed by atoms with Crippen LogP contribution in [0.5, 0.6) is 0 Å². The van der Waals surface area contributed by atoms with Gasteiger partial charge in [0.15, 0.2) is 17.7 Å². The summed E-state index contributed by atoms with van der Waals surface area (Å²) in [5.41, 5.74) is 1.89. The molecule has 0 aromatic heterocycles. The van der Waals surface area contributed by atoms with E-state index in [-0.39, 0.29) is 33.9 Å². The van der Waals surface area contributed by atoms with Crippen LogP contribution in [0.2, 0.25) is 0 Å². The maximum absolute atomic E-state index is 12.9. The van der Waals surface area contributed by atoms with Gasteiger partial charge in [0.2, 0.25) is 10.0 Å². The molecule has 10 heteroatoms. The SMILES string of the molecule is C[C@@H](OC(=O)CNS(=O)(=O)/C=C/c1ccccc1)C(=O)Nc1ccc2c(c1)C(=O)c1ccccc1C2=O. The van der Waals surface area contributed by atoms with Crippen molar-refractivity contribution < 1.29 is 32.3 Å². The van der Waals surface area contributed by atoms with Gasteiger partial charge in [-0.05, 0) is 36.8 Å². The van der Waals surface area contributed by atoms with Crippen LogP contribution in [0.25, 0.3) is 6.08 Å². The van der Waals surface area contributed by atoms with Crippen molar-refractivity contribution in [3.63, 3.8) is 0 Å². The minimum atomic E-state index is -3.91. The first-order valence-electron chi connectivity index (χ1n) is 11.2. The highest BCUT2D eigenvalue weighted by Gasteiger charge is 2.29. The number of carbonyl (C=O) groups is 4. The van der Waals surface area contributed by atoms with E-state index in [0.29, 0.717) is 11.1 Å². The predicted octanol–water partition coefficient (Wildman–Crippen LogP) is 2.92. The standard InChI is InChI=1S/C27H22N2O7S/c1-17(36-24(30)16-28-37(34,35)14-13-18-7-3-2-4-8-18)27(33)29-19-11-12-22-23(15-19)26(32)21-10-6-5-9-20(21)25(22)31/h2-15,17,28H,16H2,1H3,(H,29,33)/b14-13+/t17-/m1/s1. The van der Waals surface area contributed by atoms with E-state index in [1.54, 1.807) is 54.6 Å². The van der Waals surface area contributed by atoms with Crippen LogP contribution in [-0.4, -0.2) is 44.5 Å². The van der Waals surface area contributed by atoms with Crippen molar-refractivity contribution in [3.8, 4) is 0 Å². The number of hydrogen-bond donors (Lipinski definition) is 2. The molecule has 37 heavy (non-hydrogen) atoms. The highest BCUT2D eigenvalue weighted by Crippen LogP contribution is 2.29. The summed E-state index contributed by atoms with van der Waals surface area (Å²) in [6, 6.07) is 19.6.